The minimum atomic E-state index is -0.621. The molecule has 0 saturated heterocycles. The molecule has 0 heterocycles. The van der Waals surface area contributed by atoms with Crippen LogP contribution >= 0.6 is 0 Å². The van der Waals surface area contributed by atoms with Crippen LogP contribution in [0.15, 0.2) is 24.3 Å². The largest absolute Gasteiger partial charge is 0.496 e. The number of hydrogen-bond acceptors (Lipinski definition) is 5. The van der Waals surface area contributed by atoms with E-state index in [0.717, 1.165) is 0 Å². The molecule has 0 spiro atoms. The zero-order valence-corrected chi connectivity index (χ0v) is 11.5. The van der Waals surface area contributed by atoms with E-state index in [1.165, 1.54) is 12.0 Å². The minimum Gasteiger partial charge on any atom is -0.496 e. The van der Waals surface area contributed by atoms with Gasteiger partial charge in [0.2, 0.25) is 0 Å². The zero-order chi connectivity index (χ0) is 15.0. The van der Waals surface area contributed by atoms with Crippen LogP contribution in [0.25, 0.3) is 0 Å². The molecule has 1 aromatic rings. The highest BCUT2D eigenvalue weighted by molar-refractivity contribution is 5.93. The lowest BCUT2D eigenvalue weighted by molar-refractivity contribution is -0.133. The van der Waals surface area contributed by atoms with Crippen LogP contribution < -0.4 is 4.74 Å². The summed E-state index contributed by atoms with van der Waals surface area (Å²) in [6, 6.07) is 8.55. The molecule has 106 valence electrons. The maximum Gasteiger partial charge on any atom is 0.342 e. The van der Waals surface area contributed by atoms with Gasteiger partial charge in [0.15, 0.2) is 6.61 Å². The van der Waals surface area contributed by atoms with Crippen LogP contribution in [-0.2, 0) is 9.53 Å². The highest BCUT2D eigenvalue weighted by Gasteiger charge is 2.16. The molecule has 0 aliphatic heterocycles. The molecule has 0 unspecified atom stereocenters. The molecule has 0 atom stereocenters. The number of benzene rings is 1. The number of amides is 1. The number of rotatable bonds is 6. The van der Waals surface area contributed by atoms with Gasteiger partial charge in [0.25, 0.3) is 5.91 Å². The summed E-state index contributed by atoms with van der Waals surface area (Å²) in [5.41, 5.74) is 0.266. The minimum absolute atomic E-state index is 0.239. The average molecular weight is 276 g/mol. The number of hydrogen-bond donors (Lipinski definition) is 0. The molecule has 0 bridgehead atoms. The van der Waals surface area contributed by atoms with Crippen LogP contribution in [0.1, 0.15) is 16.8 Å². The molecule has 20 heavy (non-hydrogen) atoms. The summed E-state index contributed by atoms with van der Waals surface area (Å²) in [5.74, 6) is -0.587. The third-order valence-electron chi connectivity index (χ3n) is 2.64. The number of carbonyl (C=O) groups is 2. The average Bonchev–Trinajstić information content (AvgIpc) is 2.49. The topological polar surface area (TPSA) is 79.6 Å². The summed E-state index contributed by atoms with van der Waals surface area (Å²) >= 11 is 0. The fourth-order valence-corrected chi connectivity index (χ4v) is 1.47. The number of nitrogens with zero attached hydrogens (tertiary/aromatic N) is 2. The Morgan fingerprint density at radius 2 is 2.05 bits per heavy atom. The van der Waals surface area contributed by atoms with Gasteiger partial charge in [0.1, 0.15) is 11.3 Å². The number of para-hydroxylation sites is 1. The van der Waals surface area contributed by atoms with E-state index in [1.54, 1.807) is 31.3 Å². The summed E-state index contributed by atoms with van der Waals surface area (Å²) in [6.07, 6.45) is 0.239. The first-order valence-corrected chi connectivity index (χ1v) is 6.01. The van der Waals surface area contributed by atoms with Crippen molar-refractivity contribution in [3.63, 3.8) is 0 Å². The number of likely N-dealkylation sites (N-methyl/N-ethyl adjacent to an activating group) is 1. The molecule has 6 nitrogen and oxygen atoms in total. The summed E-state index contributed by atoms with van der Waals surface area (Å²) in [7, 11) is 3.00. The Labute approximate surface area is 117 Å². The number of ether oxygens (including phenoxy) is 2. The molecular formula is C14H16N2O4. The second-order valence-corrected chi connectivity index (χ2v) is 4.00. The molecule has 0 aliphatic rings. The first-order chi connectivity index (χ1) is 9.60. The first-order valence-electron chi connectivity index (χ1n) is 6.01. The zero-order valence-electron chi connectivity index (χ0n) is 11.5. The maximum atomic E-state index is 11.8. The van der Waals surface area contributed by atoms with Crippen molar-refractivity contribution >= 4 is 11.9 Å². The van der Waals surface area contributed by atoms with Crippen molar-refractivity contribution < 1.29 is 19.1 Å². The lowest BCUT2D eigenvalue weighted by Gasteiger charge is -2.15. The van der Waals surface area contributed by atoms with Gasteiger partial charge in [-0.2, -0.15) is 5.26 Å². The Morgan fingerprint density at radius 3 is 2.70 bits per heavy atom. The van der Waals surface area contributed by atoms with Crippen LogP contribution in [0.3, 0.4) is 0 Å². The molecule has 0 N–H and O–H groups in total. The summed E-state index contributed by atoms with van der Waals surface area (Å²) in [6.45, 7) is -0.0552. The van der Waals surface area contributed by atoms with Crippen molar-refractivity contribution in [2.75, 3.05) is 27.3 Å². The van der Waals surface area contributed by atoms with E-state index in [9.17, 15) is 9.59 Å². The molecule has 1 aromatic carbocycles. The van der Waals surface area contributed by atoms with Gasteiger partial charge in [-0.3, -0.25) is 4.79 Å². The number of methoxy groups -OCH3 is 1. The van der Waals surface area contributed by atoms with E-state index in [1.807, 2.05) is 6.07 Å². The van der Waals surface area contributed by atoms with Crippen LogP contribution in [0.5, 0.6) is 5.75 Å². The maximum absolute atomic E-state index is 11.8. The predicted octanol–water partition coefficient (Wildman–Crippen LogP) is 1.22. The Kier molecular flexibility index (Phi) is 6.04. The molecule has 0 fully saturated rings. The van der Waals surface area contributed by atoms with Crippen LogP contribution in [0.4, 0.5) is 0 Å². The molecule has 0 saturated carbocycles. The van der Waals surface area contributed by atoms with E-state index in [-0.39, 0.29) is 24.5 Å². The SMILES string of the molecule is COc1ccccc1C(=O)OCC(=O)N(C)CCC#N. The lowest BCUT2D eigenvalue weighted by atomic mass is 10.2. The van der Waals surface area contributed by atoms with E-state index < -0.39 is 5.97 Å². The molecule has 0 aromatic heterocycles. The van der Waals surface area contributed by atoms with Crippen molar-refractivity contribution in [1.82, 2.24) is 4.90 Å². The number of carbonyl (C=O) groups excluding carboxylic acids is 2. The second-order valence-electron chi connectivity index (χ2n) is 4.00. The van der Waals surface area contributed by atoms with Gasteiger partial charge in [-0.15, -0.1) is 0 Å². The van der Waals surface area contributed by atoms with Crippen molar-refractivity contribution in [1.29, 1.82) is 5.26 Å². The molecule has 0 aliphatic carbocycles. The highest BCUT2D eigenvalue weighted by atomic mass is 16.5. The second kappa shape index (κ2) is 7.79. The Morgan fingerprint density at radius 1 is 1.35 bits per heavy atom. The fourth-order valence-electron chi connectivity index (χ4n) is 1.47. The van der Waals surface area contributed by atoms with E-state index in [2.05, 4.69) is 0 Å². The normalized spacial score (nSPS) is 9.45. The van der Waals surface area contributed by atoms with Crippen molar-refractivity contribution in [2.24, 2.45) is 0 Å². The van der Waals surface area contributed by atoms with Gasteiger partial charge in [0.05, 0.1) is 19.6 Å². The van der Waals surface area contributed by atoms with Gasteiger partial charge < -0.3 is 14.4 Å². The van der Waals surface area contributed by atoms with Gasteiger partial charge in [-0.05, 0) is 12.1 Å². The number of nitriles is 1. The first kappa shape index (κ1) is 15.5. The molecule has 6 heteroatoms. The third-order valence-corrected chi connectivity index (χ3v) is 2.64. The van der Waals surface area contributed by atoms with Gasteiger partial charge in [-0.25, -0.2) is 4.79 Å². The smallest absolute Gasteiger partial charge is 0.342 e. The quantitative estimate of drug-likeness (QED) is 0.730. The molecule has 1 amide bonds. The van der Waals surface area contributed by atoms with Crippen molar-refractivity contribution in [3.8, 4) is 11.8 Å². The van der Waals surface area contributed by atoms with Crippen LogP contribution in [-0.4, -0.2) is 44.1 Å². The van der Waals surface area contributed by atoms with E-state index in [4.69, 9.17) is 14.7 Å². The molecular weight excluding hydrogens is 260 g/mol. The third kappa shape index (κ3) is 4.28. The Balaban J connectivity index is 2.55. The summed E-state index contributed by atoms with van der Waals surface area (Å²) in [5, 5.41) is 8.43. The standard InChI is InChI=1S/C14H16N2O4/c1-16(9-5-8-15)13(17)10-20-14(18)11-6-3-4-7-12(11)19-2/h3-4,6-7H,5,9-10H2,1-2H3. The van der Waals surface area contributed by atoms with E-state index >= 15 is 0 Å². The van der Waals surface area contributed by atoms with Crippen molar-refractivity contribution in [3.05, 3.63) is 29.8 Å². The monoisotopic (exact) mass is 276 g/mol. The van der Waals surface area contributed by atoms with E-state index in [0.29, 0.717) is 12.3 Å². The fraction of sp³-hybridized carbons (Fsp3) is 0.357. The molecule has 1 rings (SSSR count). The molecule has 0 radical (unpaired) electrons. The Bertz CT molecular complexity index is 522. The number of esters is 1. The van der Waals surface area contributed by atoms with Crippen LogP contribution in [0, 0.1) is 11.3 Å². The van der Waals surface area contributed by atoms with Crippen LogP contribution in [0.2, 0.25) is 0 Å². The highest BCUT2D eigenvalue weighted by Crippen LogP contribution is 2.18. The Hall–Kier alpha value is -2.55. The predicted molar refractivity (Wildman–Crippen MR) is 71.1 cm³/mol. The summed E-state index contributed by atoms with van der Waals surface area (Å²) < 4.78 is 9.98. The van der Waals surface area contributed by atoms with Gasteiger partial charge >= 0.3 is 5.97 Å². The van der Waals surface area contributed by atoms with Gasteiger partial charge in [0, 0.05) is 13.6 Å². The lowest BCUT2D eigenvalue weighted by Crippen LogP contribution is -2.32. The van der Waals surface area contributed by atoms with Crippen molar-refractivity contribution in [2.45, 2.75) is 6.42 Å². The summed E-state index contributed by atoms with van der Waals surface area (Å²) in [4.78, 5) is 24.8. The van der Waals surface area contributed by atoms with Gasteiger partial charge in [-0.1, -0.05) is 12.1 Å².